The van der Waals surface area contributed by atoms with Gasteiger partial charge in [-0.3, -0.25) is 0 Å². The van der Waals surface area contributed by atoms with Crippen molar-refractivity contribution in [2.24, 2.45) is 0 Å². The zero-order valence-electron chi connectivity index (χ0n) is 23.7. The molecule has 0 saturated carbocycles. The van der Waals surface area contributed by atoms with E-state index in [1.807, 2.05) is 11.3 Å². The lowest BCUT2D eigenvalue weighted by Crippen LogP contribution is -2.64. The van der Waals surface area contributed by atoms with E-state index >= 15 is 0 Å². The molecule has 10 rings (SSSR count). The van der Waals surface area contributed by atoms with Gasteiger partial charge < -0.3 is 4.74 Å². The van der Waals surface area contributed by atoms with Crippen molar-refractivity contribution in [1.29, 1.82) is 0 Å². The molecule has 0 radical (unpaired) electrons. The summed E-state index contributed by atoms with van der Waals surface area (Å²) >= 11 is 1.91. The van der Waals surface area contributed by atoms with Gasteiger partial charge in [0.1, 0.15) is 11.5 Å². The van der Waals surface area contributed by atoms with Gasteiger partial charge in [0.25, 0.3) is 5.54 Å². The van der Waals surface area contributed by atoms with Gasteiger partial charge >= 0.3 is 0 Å². The van der Waals surface area contributed by atoms with Crippen LogP contribution in [0.25, 0.3) is 30.9 Å². The quantitative estimate of drug-likeness (QED) is 0.183. The molecule has 2 aromatic heterocycles. The topological polar surface area (TPSA) is 13.1 Å². The van der Waals surface area contributed by atoms with Gasteiger partial charge in [0, 0.05) is 43.3 Å². The van der Waals surface area contributed by atoms with Crippen LogP contribution in [0.1, 0.15) is 65.8 Å². The number of hydrogen-bond donors (Lipinski definition) is 0. The monoisotopic (exact) mass is 558 g/mol. The molecule has 0 N–H and O–H groups in total. The normalized spacial score (nSPS) is 19.4. The maximum atomic E-state index is 6.94. The lowest BCUT2D eigenvalue weighted by molar-refractivity contribution is -0.743. The SMILES string of the molecule is CC(C)(C)c1ccc2c(c1)Oc1ccc3sc4ccc5ccc6c7c5c4c3c1C27[n+]1ccccc1C6c1ccccc1. The van der Waals surface area contributed by atoms with Gasteiger partial charge in [-0.15, -0.1) is 11.3 Å². The number of benzene rings is 5. The lowest BCUT2D eigenvalue weighted by Gasteiger charge is -2.44. The van der Waals surface area contributed by atoms with Crippen LogP contribution < -0.4 is 9.30 Å². The van der Waals surface area contributed by atoms with E-state index in [1.54, 1.807) is 0 Å². The number of ether oxygens (including phenoxy) is 1. The molecule has 5 aromatic carbocycles. The van der Waals surface area contributed by atoms with E-state index in [0.717, 1.165) is 11.5 Å². The number of rotatable bonds is 1. The average molecular weight is 559 g/mol. The van der Waals surface area contributed by atoms with Gasteiger partial charge in [-0.05, 0) is 57.8 Å². The molecule has 2 aliphatic heterocycles. The lowest BCUT2D eigenvalue weighted by atomic mass is 9.62. The van der Waals surface area contributed by atoms with Gasteiger partial charge in [-0.1, -0.05) is 81.4 Å². The number of nitrogens with zero attached hydrogens (tertiary/aromatic N) is 1. The van der Waals surface area contributed by atoms with E-state index in [2.05, 4.69) is 135 Å². The summed E-state index contributed by atoms with van der Waals surface area (Å²) in [7, 11) is 0. The van der Waals surface area contributed by atoms with Crippen LogP contribution >= 0.6 is 11.3 Å². The first-order valence-electron chi connectivity index (χ1n) is 14.8. The predicted molar refractivity (Wildman–Crippen MR) is 171 cm³/mol. The van der Waals surface area contributed by atoms with Gasteiger partial charge in [0.05, 0.1) is 17.0 Å². The fourth-order valence-electron chi connectivity index (χ4n) is 8.25. The maximum absolute atomic E-state index is 6.94. The van der Waals surface area contributed by atoms with Gasteiger partial charge in [0.2, 0.25) is 0 Å². The average Bonchev–Trinajstić information content (AvgIpc) is 3.40. The third kappa shape index (κ3) is 2.56. The molecule has 0 amide bonds. The Labute approximate surface area is 248 Å². The van der Waals surface area contributed by atoms with E-state index in [4.69, 9.17) is 4.74 Å². The largest absolute Gasteiger partial charge is 0.456 e. The molecule has 2 atom stereocenters. The first-order chi connectivity index (χ1) is 20.5. The van der Waals surface area contributed by atoms with Gasteiger partial charge in [-0.2, -0.15) is 4.57 Å². The molecule has 0 fully saturated rings. The molecule has 1 aliphatic carbocycles. The molecule has 3 heteroatoms. The highest BCUT2D eigenvalue weighted by Crippen LogP contribution is 2.62. The van der Waals surface area contributed by atoms with E-state index < -0.39 is 5.54 Å². The Balaban J connectivity index is 1.48. The molecular weight excluding hydrogens is 531 g/mol. The standard InChI is InChI=1S/C39H28NOS/c1-38(2,3)24-14-16-26-29(21-24)41-28-17-19-31-35-34-30(42-31)18-13-23-12-15-25-32(22-9-5-4-6-10-22)27-11-7-8-20-40(27)39(26,37(28)35)36(25)33(23)34/h4-21,32H,1-3H3/q+1. The number of hydrogen-bond acceptors (Lipinski definition) is 2. The Hall–Kier alpha value is -4.47. The second-order valence-corrected chi connectivity index (χ2v) is 14.2. The molecule has 4 heterocycles. The van der Waals surface area contributed by atoms with E-state index in [-0.39, 0.29) is 11.3 Å². The molecule has 42 heavy (non-hydrogen) atoms. The zero-order valence-corrected chi connectivity index (χ0v) is 24.5. The van der Waals surface area contributed by atoms with Crippen LogP contribution in [-0.2, 0) is 11.0 Å². The number of aromatic nitrogens is 1. The summed E-state index contributed by atoms with van der Waals surface area (Å²) in [4.78, 5) is 0. The van der Waals surface area contributed by atoms with Crippen molar-refractivity contribution < 1.29 is 9.30 Å². The summed E-state index contributed by atoms with van der Waals surface area (Å²) < 4.78 is 12.2. The fraction of sp³-hybridized carbons (Fsp3) is 0.154. The third-order valence-corrected chi connectivity index (χ3v) is 11.1. The number of fused-ring (bicyclic) bond motifs is 2. The van der Waals surface area contributed by atoms with Crippen molar-refractivity contribution in [2.75, 3.05) is 0 Å². The van der Waals surface area contributed by atoms with Crippen LogP contribution in [-0.4, -0.2) is 0 Å². The van der Waals surface area contributed by atoms with Crippen LogP contribution in [0.15, 0.2) is 109 Å². The number of pyridine rings is 1. The van der Waals surface area contributed by atoms with E-state index in [1.165, 1.54) is 70.0 Å². The van der Waals surface area contributed by atoms with Crippen molar-refractivity contribution in [3.8, 4) is 11.5 Å². The Bertz CT molecular complexity index is 2320. The Morgan fingerprint density at radius 3 is 2.36 bits per heavy atom. The summed E-state index contributed by atoms with van der Waals surface area (Å²) in [6.07, 6.45) is 2.32. The molecule has 2 nitrogen and oxygen atoms in total. The zero-order chi connectivity index (χ0) is 28.0. The van der Waals surface area contributed by atoms with Crippen molar-refractivity contribution in [3.63, 3.8) is 0 Å². The van der Waals surface area contributed by atoms with Crippen LogP contribution in [0.5, 0.6) is 11.5 Å². The molecule has 3 aliphatic rings. The molecular formula is C39H28NOS+. The first-order valence-corrected chi connectivity index (χ1v) is 15.6. The summed E-state index contributed by atoms with van der Waals surface area (Å²) in [5.74, 6) is 2.05. The van der Waals surface area contributed by atoms with Gasteiger partial charge in [-0.25, -0.2) is 0 Å². The summed E-state index contributed by atoms with van der Waals surface area (Å²) in [5, 5.41) is 5.45. The van der Waals surface area contributed by atoms with Crippen molar-refractivity contribution in [3.05, 3.63) is 148 Å². The smallest absolute Gasteiger partial charge is 0.253 e. The second-order valence-electron chi connectivity index (χ2n) is 13.1. The van der Waals surface area contributed by atoms with E-state index in [0.29, 0.717) is 0 Å². The van der Waals surface area contributed by atoms with Crippen LogP contribution in [0.2, 0.25) is 0 Å². The minimum Gasteiger partial charge on any atom is -0.456 e. The maximum Gasteiger partial charge on any atom is 0.253 e. The predicted octanol–water partition coefficient (Wildman–Crippen LogP) is 9.55. The van der Waals surface area contributed by atoms with Crippen LogP contribution in [0.4, 0.5) is 0 Å². The van der Waals surface area contributed by atoms with Crippen molar-refractivity contribution in [2.45, 2.75) is 37.6 Å². The Morgan fingerprint density at radius 2 is 1.50 bits per heavy atom. The van der Waals surface area contributed by atoms with Crippen LogP contribution in [0, 0.1) is 0 Å². The van der Waals surface area contributed by atoms with Crippen molar-refractivity contribution >= 4 is 42.3 Å². The summed E-state index contributed by atoms with van der Waals surface area (Å²) in [6.45, 7) is 6.83. The third-order valence-electron chi connectivity index (χ3n) is 9.95. The van der Waals surface area contributed by atoms with Crippen LogP contribution in [0.3, 0.4) is 0 Å². The molecule has 7 aromatic rings. The molecule has 0 saturated heterocycles. The fourth-order valence-corrected chi connectivity index (χ4v) is 9.37. The summed E-state index contributed by atoms with van der Waals surface area (Å²) in [6, 6.07) is 38.7. The minimum absolute atomic E-state index is 0.0141. The van der Waals surface area contributed by atoms with Crippen molar-refractivity contribution in [1.82, 2.24) is 0 Å². The molecule has 1 spiro atoms. The highest BCUT2D eigenvalue weighted by atomic mass is 32.1. The molecule has 2 unspecified atom stereocenters. The summed E-state index contributed by atoms with van der Waals surface area (Å²) in [5.41, 5.74) is 8.69. The number of thiophene rings is 1. The Kier molecular flexibility index (Phi) is 4.12. The highest BCUT2D eigenvalue weighted by molar-refractivity contribution is 7.26. The van der Waals surface area contributed by atoms with E-state index in [9.17, 15) is 0 Å². The minimum atomic E-state index is -0.544. The molecule has 200 valence electrons. The second kappa shape index (κ2) is 7.48. The Morgan fingerprint density at radius 1 is 0.714 bits per heavy atom. The molecule has 0 bridgehead atoms. The first kappa shape index (κ1) is 23.1. The highest BCUT2D eigenvalue weighted by Gasteiger charge is 2.61. The van der Waals surface area contributed by atoms with Gasteiger partial charge in [0.15, 0.2) is 11.9 Å².